The molecule has 2 aromatic carbocycles. The molecular formula is C34H50N2O11S. The van der Waals surface area contributed by atoms with Gasteiger partial charge in [-0.25, -0.2) is 0 Å². The van der Waals surface area contributed by atoms with E-state index in [1.165, 1.54) is 25.7 Å². The Morgan fingerprint density at radius 2 is 0.938 bits per heavy atom. The molecule has 6 unspecified atom stereocenters. The highest BCUT2D eigenvalue weighted by Crippen LogP contribution is 2.37. The van der Waals surface area contributed by atoms with E-state index in [1.54, 1.807) is 0 Å². The van der Waals surface area contributed by atoms with Crippen molar-refractivity contribution in [2.75, 3.05) is 27.3 Å². The molecule has 6 N–H and O–H groups in total. The summed E-state index contributed by atoms with van der Waals surface area (Å²) in [5.41, 5.74) is 1.64. The monoisotopic (exact) mass is 694 g/mol. The van der Waals surface area contributed by atoms with Crippen molar-refractivity contribution in [3.05, 3.63) is 71.8 Å². The Balaban J connectivity index is 0.000000225. The van der Waals surface area contributed by atoms with Crippen LogP contribution in [0.2, 0.25) is 0 Å². The van der Waals surface area contributed by atoms with Crippen LogP contribution in [-0.2, 0) is 29.5 Å². The van der Waals surface area contributed by atoms with Crippen molar-refractivity contribution in [3.63, 3.8) is 0 Å². The summed E-state index contributed by atoms with van der Waals surface area (Å²) in [7, 11) is -0.332. The van der Waals surface area contributed by atoms with E-state index in [2.05, 4.69) is 23.9 Å². The quantitative estimate of drug-likeness (QED) is 0.232. The average molecular weight is 695 g/mol. The SMILES string of the molecule is CN1C2CCC1CC(OC(=O)C(CO)c1ccccc1)C2.CN1C2CCC1CC(OC(=O)C(CO)c1ccccc1)C2.O.O=S(=O)(O)O. The first kappa shape index (κ1) is 39.5. The minimum Gasteiger partial charge on any atom is -0.462 e. The van der Waals surface area contributed by atoms with Gasteiger partial charge in [0.25, 0.3) is 0 Å². The minimum atomic E-state index is -4.67. The minimum absolute atomic E-state index is 0. The molecule has 0 aromatic heterocycles. The molecule has 4 heterocycles. The molecule has 0 amide bonds. The van der Waals surface area contributed by atoms with Gasteiger partial charge in [0.2, 0.25) is 0 Å². The Bertz CT molecular complexity index is 1270. The molecule has 268 valence electrons. The predicted molar refractivity (Wildman–Crippen MR) is 178 cm³/mol. The zero-order valence-corrected chi connectivity index (χ0v) is 28.3. The van der Waals surface area contributed by atoms with Crippen molar-refractivity contribution in [1.29, 1.82) is 0 Å². The van der Waals surface area contributed by atoms with E-state index < -0.39 is 22.2 Å². The maximum Gasteiger partial charge on any atom is 0.394 e. The van der Waals surface area contributed by atoms with Crippen LogP contribution in [0.15, 0.2) is 60.7 Å². The molecule has 4 saturated heterocycles. The zero-order chi connectivity index (χ0) is 34.1. The van der Waals surface area contributed by atoms with Crippen LogP contribution in [0.4, 0.5) is 0 Å². The Hall–Kier alpha value is -2.95. The fourth-order valence-electron chi connectivity index (χ4n) is 7.41. The first-order chi connectivity index (χ1) is 22.4. The van der Waals surface area contributed by atoms with Crippen LogP contribution < -0.4 is 0 Å². The highest BCUT2D eigenvalue weighted by molar-refractivity contribution is 7.79. The van der Waals surface area contributed by atoms with Gasteiger partial charge in [-0.15, -0.1) is 0 Å². The van der Waals surface area contributed by atoms with Gasteiger partial charge in [0.1, 0.15) is 24.0 Å². The van der Waals surface area contributed by atoms with Crippen LogP contribution in [0.5, 0.6) is 0 Å². The molecule has 4 aliphatic rings. The summed E-state index contributed by atoms with van der Waals surface area (Å²) in [6, 6.07) is 20.9. The summed E-state index contributed by atoms with van der Waals surface area (Å²) >= 11 is 0. The number of hydrogen-bond donors (Lipinski definition) is 4. The second-order valence-corrected chi connectivity index (χ2v) is 13.8. The second kappa shape index (κ2) is 18.2. The first-order valence-electron chi connectivity index (χ1n) is 16.2. The van der Waals surface area contributed by atoms with E-state index in [-0.39, 0.29) is 42.8 Å². The summed E-state index contributed by atoms with van der Waals surface area (Å²) in [5.74, 6) is -1.72. The van der Waals surface area contributed by atoms with E-state index >= 15 is 0 Å². The van der Waals surface area contributed by atoms with E-state index in [9.17, 15) is 19.8 Å². The highest BCUT2D eigenvalue weighted by atomic mass is 32.3. The van der Waals surface area contributed by atoms with E-state index in [0.717, 1.165) is 36.8 Å². The Labute approximate surface area is 282 Å². The van der Waals surface area contributed by atoms with Crippen molar-refractivity contribution < 1.29 is 52.3 Å². The third kappa shape index (κ3) is 11.0. The summed E-state index contributed by atoms with van der Waals surface area (Å²) in [6.07, 6.45) is 8.52. The third-order valence-corrected chi connectivity index (χ3v) is 10.0. The molecule has 0 aliphatic carbocycles. The first-order valence-corrected chi connectivity index (χ1v) is 17.6. The molecule has 14 heteroatoms. The molecule has 4 aliphatic heterocycles. The number of ether oxygens (including phenoxy) is 2. The second-order valence-electron chi connectivity index (χ2n) is 12.9. The standard InChI is InChI=1S/2C17H23NO3.H2O4S.H2O/c2*1-18-13-7-8-14(18)10-15(9-13)21-17(20)16(11-19)12-5-3-2-4-6-12;1-5(2,3)4;/h2*2-6,13-16,19H,7-11H2,1H3;(H2,1,2,3,4);1H2. The summed E-state index contributed by atoms with van der Waals surface area (Å²) in [6.45, 7) is -0.412. The number of esters is 2. The smallest absolute Gasteiger partial charge is 0.394 e. The fourth-order valence-corrected chi connectivity index (χ4v) is 7.41. The van der Waals surface area contributed by atoms with Crippen molar-refractivity contribution in [2.45, 2.75) is 99.6 Å². The summed E-state index contributed by atoms with van der Waals surface area (Å²) in [5, 5.41) is 19.1. The maximum atomic E-state index is 12.4. The van der Waals surface area contributed by atoms with Crippen LogP contribution in [0.1, 0.15) is 74.3 Å². The normalized spacial score (nSPS) is 27.5. The van der Waals surface area contributed by atoms with Gasteiger partial charge in [-0.3, -0.25) is 18.7 Å². The molecule has 2 aromatic rings. The molecule has 4 fully saturated rings. The number of carbonyl (C=O) groups is 2. The number of piperidine rings is 2. The lowest BCUT2D eigenvalue weighted by Gasteiger charge is -2.36. The fraction of sp³-hybridized carbons (Fsp3) is 0.588. The van der Waals surface area contributed by atoms with Crippen molar-refractivity contribution in [3.8, 4) is 0 Å². The van der Waals surface area contributed by atoms with Crippen molar-refractivity contribution in [2.24, 2.45) is 0 Å². The van der Waals surface area contributed by atoms with Gasteiger partial charge in [-0.05, 0) is 76.6 Å². The number of hydrogen-bond acceptors (Lipinski definition) is 10. The Morgan fingerprint density at radius 3 is 1.19 bits per heavy atom. The van der Waals surface area contributed by atoms with Crippen LogP contribution >= 0.6 is 0 Å². The molecule has 6 atom stereocenters. The molecular weight excluding hydrogens is 644 g/mol. The molecule has 13 nitrogen and oxygen atoms in total. The molecule has 0 spiro atoms. The van der Waals surface area contributed by atoms with Gasteiger partial charge >= 0.3 is 22.3 Å². The highest BCUT2D eigenvalue weighted by Gasteiger charge is 2.41. The van der Waals surface area contributed by atoms with Gasteiger partial charge in [-0.1, -0.05) is 60.7 Å². The Kier molecular flexibility index (Phi) is 14.9. The van der Waals surface area contributed by atoms with E-state index in [4.69, 9.17) is 27.0 Å². The van der Waals surface area contributed by atoms with Crippen LogP contribution in [-0.4, -0.2) is 119 Å². The number of nitrogens with zero attached hydrogens (tertiary/aromatic N) is 2. The lowest BCUT2D eigenvalue weighted by molar-refractivity contribution is -0.156. The number of benzene rings is 2. The lowest BCUT2D eigenvalue weighted by Crippen LogP contribution is -2.43. The molecule has 0 radical (unpaired) electrons. The maximum absolute atomic E-state index is 12.4. The lowest BCUT2D eigenvalue weighted by atomic mass is 9.98. The van der Waals surface area contributed by atoms with Gasteiger partial charge in [0.05, 0.1) is 13.2 Å². The predicted octanol–water partition coefficient (Wildman–Crippen LogP) is 2.38. The van der Waals surface area contributed by atoms with Gasteiger partial charge in [0, 0.05) is 24.2 Å². The molecule has 4 bridgehead atoms. The summed E-state index contributed by atoms with van der Waals surface area (Å²) in [4.78, 5) is 29.6. The third-order valence-electron chi connectivity index (χ3n) is 10.0. The topological polar surface area (TPSA) is 206 Å². The zero-order valence-electron chi connectivity index (χ0n) is 27.5. The van der Waals surface area contributed by atoms with Gasteiger partial charge in [0.15, 0.2) is 0 Å². The van der Waals surface area contributed by atoms with Crippen LogP contribution in [0.3, 0.4) is 0 Å². The molecule has 48 heavy (non-hydrogen) atoms. The number of carbonyl (C=O) groups excluding carboxylic acids is 2. The van der Waals surface area contributed by atoms with Crippen molar-refractivity contribution >= 4 is 22.3 Å². The van der Waals surface area contributed by atoms with Gasteiger partial charge in [-0.2, -0.15) is 8.42 Å². The number of rotatable bonds is 8. The largest absolute Gasteiger partial charge is 0.462 e. The summed E-state index contributed by atoms with van der Waals surface area (Å²) < 4.78 is 43.0. The Morgan fingerprint density at radius 1 is 0.667 bits per heavy atom. The number of aliphatic hydroxyl groups excluding tert-OH is 2. The van der Waals surface area contributed by atoms with Crippen LogP contribution in [0, 0.1) is 0 Å². The van der Waals surface area contributed by atoms with E-state index in [1.807, 2.05) is 60.7 Å². The number of fused-ring (bicyclic) bond motifs is 4. The van der Waals surface area contributed by atoms with Crippen molar-refractivity contribution in [1.82, 2.24) is 9.80 Å². The molecule has 6 rings (SSSR count). The average Bonchev–Trinajstić information content (AvgIpc) is 3.34. The van der Waals surface area contributed by atoms with E-state index in [0.29, 0.717) is 24.2 Å². The number of aliphatic hydroxyl groups is 2. The molecule has 0 saturated carbocycles. The van der Waals surface area contributed by atoms with Crippen LogP contribution in [0.25, 0.3) is 0 Å². The van der Waals surface area contributed by atoms with Gasteiger partial charge < -0.3 is 35.0 Å².